The summed E-state index contributed by atoms with van der Waals surface area (Å²) in [5.74, 6) is 0.937. The Bertz CT molecular complexity index is 386. The summed E-state index contributed by atoms with van der Waals surface area (Å²) in [5.41, 5.74) is 2.91. The van der Waals surface area contributed by atoms with Gasteiger partial charge in [-0.2, -0.15) is 0 Å². The van der Waals surface area contributed by atoms with Crippen molar-refractivity contribution in [3.05, 3.63) is 29.3 Å². The SMILES string of the molecule is OC1CCCC1Oc1ccc2c(c1)CCC2. The number of fused-ring (bicyclic) bond motifs is 1. The van der Waals surface area contributed by atoms with Crippen LogP contribution in [0.5, 0.6) is 5.75 Å². The number of aliphatic hydroxyl groups is 1. The zero-order valence-electron chi connectivity index (χ0n) is 9.48. The molecule has 16 heavy (non-hydrogen) atoms. The zero-order chi connectivity index (χ0) is 11.0. The van der Waals surface area contributed by atoms with Crippen LogP contribution in [0.2, 0.25) is 0 Å². The van der Waals surface area contributed by atoms with E-state index >= 15 is 0 Å². The lowest BCUT2D eigenvalue weighted by Crippen LogP contribution is -2.25. The lowest BCUT2D eigenvalue weighted by atomic mass is 10.1. The van der Waals surface area contributed by atoms with E-state index in [4.69, 9.17) is 4.74 Å². The molecule has 2 atom stereocenters. The summed E-state index contributed by atoms with van der Waals surface area (Å²) in [6.45, 7) is 0. The maximum absolute atomic E-state index is 9.72. The van der Waals surface area contributed by atoms with Crippen molar-refractivity contribution in [2.75, 3.05) is 0 Å². The van der Waals surface area contributed by atoms with Gasteiger partial charge in [0, 0.05) is 0 Å². The molecule has 0 saturated heterocycles. The van der Waals surface area contributed by atoms with Gasteiger partial charge in [0.2, 0.25) is 0 Å². The summed E-state index contributed by atoms with van der Waals surface area (Å²) < 4.78 is 5.86. The average molecular weight is 218 g/mol. The van der Waals surface area contributed by atoms with Crippen molar-refractivity contribution in [2.45, 2.75) is 50.7 Å². The van der Waals surface area contributed by atoms with Crippen LogP contribution in [0.1, 0.15) is 36.8 Å². The fraction of sp³-hybridized carbons (Fsp3) is 0.571. The molecule has 0 spiro atoms. The van der Waals surface area contributed by atoms with Gasteiger partial charge >= 0.3 is 0 Å². The van der Waals surface area contributed by atoms with Crippen molar-refractivity contribution < 1.29 is 9.84 Å². The molecule has 2 nitrogen and oxygen atoms in total. The van der Waals surface area contributed by atoms with E-state index in [2.05, 4.69) is 18.2 Å². The van der Waals surface area contributed by atoms with Crippen LogP contribution >= 0.6 is 0 Å². The number of aliphatic hydroxyl groups excluding tert-OH is 1. The van der Waals surface area contributed by atoms with Crippen molar-refractivity contribution in [1.29, 1.82) is 0 Å². The Balaban J connectivity index is 1.75. The van der Waals surface area contributed by atoms with Gasteiger partial charge in [0.1, 0.15) is 11.9 Å². The fourth-order valence-electron chi connectivity index (χ4n) is 2.84. The fourth-order valence-corrected chi connectivity index (χ4v) is 2.84. The van der Waals surface area contributed by atoms with Crippen LogP contribution in [-0.4, -0.2) is 17.3 Å². The topological polar surface area (TPSA) is 29.5 Å². The normalized spacial score (nSPS) is 28.1. The standard InChI is InChI=1S/C14H18O2/c15-13-5-2-6-14(13)16-12-8-7-10-3-1-4-11(10)9-12/h7-9,13-15H,1-6H2. The Morgan fingerprint density at radius 2 is 1.94 bits per heavy atom. The van der Waals surface area contributed by atoms with E-state index in [1.165, 1.54) is 30.4 Å². The minimum atomic E-state index is -0.270. The molecule has 0 bridgehead atoms. The molecular formula is C14H18O2. The Morgan fingerprint density at radius 3 is 2.75 bits per heavy atom. The van der Waals surface area contributed by atoms with Gasteiger partial charge in [-0.3, -0.25) is 0 Å². The molecule has 1 aromatic rings. The zero-order valence-corrected chi connectivity index (χ0v) is 9.48. The highest BCUT2D eigenvalue weighted by molar-refractivity contribution is 5.38. The van der Waals surface area contributed by atoms with E-state index in [0.29, 0.717) is 0 Å². The second-order valence-corrected chi connectivity index (χ2v) is 4.94. The molecule has 0 aliphatic heterocycles. The Morgan fingerprint density at radius 1 is 1.06 bits per heavy atom. The molecule has 2 aliphatic carbocycles. The van der Waals surface area contributed by atoms with Crippen molar-refractivity contribution in [1.82, 2.24) is 0 Å². The summed E-state index contributed by atoms with van der Waals surface area (Å²) in [5, 5.41) is 9.72. The number of ether oxygens (including phenoxy) is 1. The largest absolute Gasteiger partial charge is 0.488 e. The summed E-state index contributed by atoms with van der Waals surface area (Å²) in [6.07, 6.45) is 6.35. The third kappa shape index (κ3) is 1.82. The van der Waals surface area contributed by atoms with Crippen molar-refractivity contribution in [3.8, 4) is 5.75 Å². The maximum atomic E-state index is 9.72. The summed E-state index contributed by atoms with van der Waals surface area (Å²) in [4.78, 5) is 0. The molecule has 0 amide bonds. The number of hydrogen-bond acceptors (Lipinski definition) is 2. The third-order valence-electron chi connectivity index (χ3n) is 3.78. The molecule has 0 heterocycles. The first-order chi connectivity index (χ1) is 7.83. The number of benzene rings is 1. The molecular weight excluding hydrogens is 200 g/mol. The highest BCUT2D eigenvalue weighted by Gasteiger charge is 2.27. The first-order valence-corrected chi connectivity index (χ1v) is 6.29. The molecule has 1 N–H and O–H groups in total. The lowest BCUT2D eigenvalue weighted by molar-refractivity contribution is 0.0603. The van der Waals surface area contributed by atoms with Crippen molar-refractivity contribution >= 4 is 0 Å². The van der Waals surface area contributed by atoms with Crippen LogP contribution < -0.4 is 4.74 Å². The minimum absolute atomic E-state index is 0.0134. The van der Waals surface area contributed by atoms with Crippen LogP contribution in [0.15, 0.2) is 18.2 Å². The number of aryl methyl sites for hydroxylation is 2. The van der Waals surface area contributed by atoms with Crippen molar-refractivity contribution in [2.24, 2.45) is 0 Å². The van der Waals surface area contributed by atoms with Gasteiger partial charge in [-0.05, 0) is 61.8 Å². The smallest absolute Gasteiger partial charge is 0.124 e. The van der Waals surface area contributed by atoms with Gasteiger partial charge in [0.05, 0.1) is 6.10 Å². The quantitative estimate of drug-likeness (QED) is 0.826. The van der Waals surface area contributed by atoms with E-state index in [1.54, 1.807) is 0 Å². The monoisotopic (exact) mass is 218 g/mol. The van der Waals surface area contributed by atoms with Crippen LogP contribution in [0.3, 0.4) is 0 Å². The highest BCUT2D eigenvalue weighted by atomic mass is 16.5. The van der Waals surface area contributed by atoms with E-state index in [1.807, 2.05) is 0 Å². The van der Waals surface area contributed by atoms with Crippen LogP contribution in [0.25, 0.3) is 0 Å². The third-order valence-corrected chi connectivity index (χ3v) is 3.78. The predicted molar refractivity (Wildman–Crippen MR) is 62.7 cm³/mol. The molecule has 0 aromatic heterocycles. The highest BCUT2D eigenvalue weighted by Crippen LogP contribution is 2.29. The van der Waals surface area contributed by atoms with E-state index in [0.717, 1.165) is 25.0 Å². The minimum Gasteiger partial charge on any atom is -0.488 e. The van der Waals surface area contributed by atoms with Gasteiger partial charge in [-0.15, -0.1) is 0 Å². The first-order valence-electron chi connectivity index (χ1n) is 6.29. The molecule has 1 saturated carbocycles. The van der Waals surface area contributed by atoms with Gasteiger partial charge in [-0.1, -0.05) is 6.07 Å². The Kier molecular flexibility index (Phi) is 2.60. The van der Waals surface area contributed by atoms with Gasteiger partial charge < -0.3 is 9.84 Å². The summed E-state index contributed by atoms with van der Waals surface area (Å²) >= 11 is 0. The molecule has 86 valence electrons. The average Bonchev–Trinajstić information content (AvgIpc) is 2.88. The van der Waals surface area contributed by atoms with Gasteiger partial charge in [0.25, 0.3) is 0 Å². The predicted octanol–water partition coefficient (Wildman–Crippen LogP) is 2.47. The molecule has 0 radical (unpaired) electrons. The molecule has 3 rings (SSSR count). The number of hydrogen-bond donors (Lipinski definition) is 1. The van der Waals surface area contributed by atoms with E-state index in [9.17, 15) is 5.11 Å². The first kappa shape index (κ1) is 10.2. The molecule has 1 aromatic carbocycles. The number of rotatable bonds is 2. The second-order valence-electron chi connectivity index (χ2n) is 4.94. The van der Waals surface area contributed by atoms with Crippen LogP contribution in [-0.2, 0) is 12.8 Å². The lowest BCUT2D eigenvalue weighted by Gasteiger charge is -2.17. The summed E-state index contributed by atoms with van der Waals surface area (Å²) in [7, 11) is 0. The van der Waals surface area contributed by atoms with Gasteiger partial charge in [0.15, 0.2) is 0 Å². The second kappa shape index (κ2) is 4.10. The molecule has 2 unspecified atom stereocenters. The van der Waals surface area contributed by atoms with E-state index < -0.39 is 0 Å². The maximum Gasteiger partial charge on any atom is 0.124 e. The Labute approximate surface area is 96.2 Å². The molecule has 2 heteroatoms. The Hall–Kier alpha value is -1.02. The summed E-state index contributed by atoms with van der Waals surface area (Å²) in [6, 6.07) is 6.39. The van der Waals surface area contributed by atoms with Gasteiger partial charge in [-0.25, -0.2) is 0 Å². The molecule has 1 fully saturated rings. The van der Waals surface area contributed by atoms with Crippen LogP contribution in [0, 0.1) is 0 Å². The van der Waals surface area contributed by atoms with Crippen molar-refractivity contribution in [3.63, 3.8) is 0 Å². The van der Waals surface area contributed by atoms with Crippen LogP contribution in [0.4, 0.5) is 0 Å². The van der Waals surface area contributed by atoms with E-state index in [-0.39, 0.29) is 12.2 Å². The molecule has 2 aliphatic rings.